The van der Waals surface area contributed by atoms with E-state index in [1.54, 1.807) is 0 Å². The Morgan fingerprint density at radius 2 is 1.20 bits per heavy atom. The van der Waals surface area contributed by atoms with Crippen LogP contribution in [0.1, 0.15) is 32.7 Å². The van der Waals surface area contributed by atoms with Crippen molar-refractivity contribution in [2.45, 2.75) is 19.3 Å². The molecule has 0 saturated heterocycles. The predicted molar refractivity (Wildman–Crippen MR) is 89.6 cm³/mol. The van der Waals surface area contributed by atoms with E-state index in [1.165, 1.54) is 0 Å². The molecule has 0 fully saturated rings. The smallest absolute Gasteiger partial charge is 0.417 e. The number of ketones is 1. The molecule has 3 aromatic rings. The molecule has 0 aliphatic carbocycles. The van der Waals surface area contributed by atoms with Gasteiger partial charge >= 0.3 is 12.4 Å². The molecule has 0 unspecified atom stereocenters. The quantitative estimate of drug-likeness (QED) is 0.142. The monoisotopic (exact) mass is 567 g/mol. The van der Waals surface area contributed by atoms with Crippen molar-refractivity contribution in [3.05, 3.63) is 75.2 Å². The van der Waals surface area contributed by atoms with E-state index in [0.717, 1.165) is 6.92 Å². The summed E-state index contributed by atoms with van der Waals surface area (Å²) in [5, 5.41) is 13.4. The van der Waals surface area contributed by atoms with Gasteiger partial charge in [-0.05, 0) is 19.1 Å². The number of benzene rings is 2. The third kappa shape index (κ3) is 4.59. The molecule has 3 rings (SSSR count). The molecule has 16 heteroatoms. The molecule has 1 radical (unpaired) electrons. The molecule has 0 atom stereocenters. The van der Waals surface area contributed by atoms with E-state index >= 15 is 0 Å². The van der Waals surface area contributed by atoms with Crippen molar-refractivity contribution in [3.63, 3.8) is 0 Å². The molecular weight excluding hydrogens is 561 g/mol. The van der Waals surface area contributed by atoms with Crippen LogP contribution in [0.5, 0.6) is 5.88 Å². The Bertz CT molecular complexity index is 1270. The zero-order valence-electron chi connectivity index (χ0n) is 16.4. The topological polar surface area (TPSA) is 55.1 Å². The summed E-state index contributed by atoms with van der Waals surface area (Å²) >= 11 is 0. The minimum atomic E-state index is -5.49. The van der Waals surface area contributed by atoms with Crippen LogP contribution in [0.15, 0.2) is 18.2 Å². The number of aromatic hydroxyl groups is 1. The van der Waals surface area contributed by atoms with Gasteiger partial charge in [0.05, 0.1) is 16.8 Å². The van der Waals surface area contributed by atoms with Gasteiger partial charge in [0.15, 0.2) is 23.3 Å². The van der Waals surface area contributed by atoms with Crippen LogP contribution >= 0.6 is 0 Å². The molecule has 0 aliphatic rings. The van der Waals surface area contributed by atoms with Crippen LogP contribution < -0.4 is 0 Å². The Morgan fingerprint density at radius 1 is 0.800 bits per heavy atom. The largest absolute Gasteiger partial charge is 0.493 e. The Kier molecular flexibility index (Phi) is 7.35. The number of halogens is 11. The minimum Gasteiger partial charge on any atom is -0.493 e. The zero-order valence-corrected chi connectivity index (χ0v) is 17.4. The Labute approximate surface area is 197 Å². The van der Waals surface area contributed by atoms with E-state index in [-0.39, 0.29) is 29.2 Å². The van der Waals surface area contributed by atoms with Crippen molar-refractivity contribution < 1.29 is 75.3 Å². The summed E-state index contributed by atoms with van der Waals surface area (Å²) in [7, 11) is 0. The van der Waals surface area contributed by atoms with E-state index in [9.17, 15) is 58.2 Å². The molecule has 0 aliphatic heterocycles. The predicted octanol–water partition coefficient (Wildman–Crippen LogP) is 5.85. The van der Waals surface area contributed by atoms with Crippen molar-refractivity contribution in [2.75, 3.05) is 0 Å². The molecule has 0 bridgehead atoms. The SMILES string of the molecule is Cc1nn(-c2c(F)c(F)c(F)c(F)c2F)c(O)c1C(=O)c1c(C(F)(F)F)cccc1C(F)(F)F.[Cu]. The van der Waals surface area contributed by atoms with E-state index < -0.39 is 91.4 Å². The van der Waals surface area contributed by atoms with Crippen molar-refractivity contribution in [1.82, 2.24) is 9.78 Å². The van der Waals surface area contributed by atoms with E-state index in [1.807, 2.05) is 0 Å². The maximum atomic E-state index is 14.1. The van der Waals surface area contributed by atoms with Gasteiger partial charge in [0.2, 0.25) is 17.5 Å². The van der Waals surface area contributed by atoms with Crippen LogP contribution in [0, 0.1) is 36.0 Å². The first kappa shape index (κ1) is 28.1. The fourth-order valence-corrected chi connectivity index (χ4v) is 3.11. The number of nitrogens with zero attached hydrogens (tertiary/aromatic N) is 2. The van der Waals surface area contributed by atoms with Crippen LogP contribution in [0.4, 0.5) is 48.3 Å². The van der Waals surface area contributed by atoms with Crippen molar-refractivity contribution in [1.29, 1.82) is 0 Å². The van der Waals surface area contributed by atoms with Crippen molar-refractivity contribution in [2.24, 2.45) is 0 Å². The second-order valence-electron chi connectivity index (χ2n) is 6.67. The molecule has 0 spiro atoms. The summed E-state index contributed by atoms with van der Waals surface area (Å²) in [5.41, 5.74) is -10.3. The van der Waals surface area contributed by atoms with Gasteiger partial charge in [-0.2, -0.15) is 36.1 Å². The van der Waals surface area contributed by atoms with Gasteiger partial charge in [0.1, 0.15) is 11.3 Å². The molecule has 0 amide bonds. The molecule has 1 aromatic heterocycles. The van der Waals surface area contributed by atoms with Crippen LogP contribution in [-0.2, 0) is 29.4 Å². The number of hydrogen-bond donors (Lipinski definition) is 1. The molecule has 4 nitrogen and oxygen atoms in total. The molecule has 193 valence electrons. The molecule has 35 heavy (non-hydrogen) atoms. The average Bonchev–Trinajstić information content (AvgIpc) is 3.02. The van der Waals surface area contributed by atoms with E-state index in [2.05, 4.69) is 5.10 Å². The fraction of sp³-hybridized carbons (Fsp3) is 0.158. The molecular formula is C19H7CuF11N2O2. The van der Waals surface area contributed by atoms with Gasteiger partial charge in [0, 0.05) is 22.6 Å². The maximum absolute atomic E-state index is 14.1. The molecule has 1 heterocycles. The normalized spacial score (nSPS) is 12.0. The standard InChI is InChI=1S/C19H7F11N2O2.Cu/c1-5-8(16(33)9-6(18(25,26)27)3-2-4-7(9)19(28,29)30)17(34)32(31-5)15-13(23)11(21)10(20)12(22)14(15)24;/h2-4,34H,1H3;. The van der Waals surface area contributed by atoms with Gasteiger partial charge in [-0.3, -0.25) is 4.79 Å². The van der Waals surface area contributed by atoms with Crippen LogP contribution in [0.25, 0.3) is 5.69 Å². The number of aromatic nitrogens is 2. The van der Waals surface area contributed by atoms with Gasteiger partial charge < -0.3 is 5.11 Å². The zero-order chi connectivity index (χ0) is 25.9. The van der Waals surface area contributed by atoms with Crippen molar-refractivity contribution in [3.8, 4) is 11.6 Å². The Morgan fingerprint density at radius 3 is 1.60 bits per heavy atom. The van der Waals surface area contributed by atoms with Gasteiger partial charge in [-0.1, -0.05) is 6.07 Å². The summed E-state index contributed by atoms with van der Waals surface area (Å²) in [6.45, 7) is 0.735. The summed E-state index contributed by atoms with van der Waals surface area (Å²) < 4.78 is 148. The number of aryl methyl sites for hydroxylation is 1. The van der Waals surface area contributed by atoms with Gasteiger partial charge in [-0.25, -0.2) is 22.0 Å². The van der Waals surface area contributed by atoms with Crippen LogP contribution in [0.2, 0.25) is 0 Å². The molecule has 0 saturated carbocycles. The number of alkyl halides is 6. The average molecular weight is 568 g/mol. The van der Waals surface area contributed by atoms with E-state index in [0.29, 0.717) is 6.07 Å². The first-order chi connectivity index (χ1) is 15.5. The second-order valence-corrected chi connectivity index (χ2v) is 6.67. The van der Waals surface area contributed by atoms with Crippen LogP contribution in [-0.4, -0.2) is 20.7 Å². The number of carbonyl (C=O) groups excluding carboxylic acids is 1. The molecule has 2 aromatic carbocycles. The second kappa shape index (κ2) is 9.15. The summed E-state index contributed by atoms with van der Waals surface area (Å²) in [6.07, 6.45) is -11.0. The number of carbonyl (C=O) groups is 1. The maximum Gasteiger partial charge on any atom is 0.417 e. The third-order valence-electron chi connectivity index (χ3n) is 4.56. The van der Waals surface area contributed by atoms with Gasteiger partial charge in [-0.15, -0.1) is 0 Å². The Hall–Kier alpha value is -3.13. The third-order valence-corrected chi connectivity index (χ3v) is 4.56. The fourth-order valence-electron chi connectivity index (χ4n) is 3.11. The van der Waals surface area contributed by atoms with Crippen molar-refractivity contribution >= 4 is 5.78 Å². The van der Waals surface area contributed by atoms with Gasteiger partial charge in [0.25, 0.3) is 0 Å². The van der Waals surface area contributed by atoms with Crippen LogP contribution in [0.3, 0.4) is 0 Å². The number of rotatable bonds is 3. The number of hydrogen-bond acceptors (Lipinski definition) is 3. The van der Waals surface area contributed by atoms with E-state index in [4.69, 9.17) is 0 Å². The summed E-state index contributed by atoms with van der Waals surface area (Å²) in [6, 6.07) is 0.653. The summed E-state index contributed by atoms with van der Waals surface area (Å²) in [4.78, 5) is 12.8. The first-order valence-electron chi connectivity index (χ1n) is 8.62. The molecule has 1 N–H and O–H groups in total. The first-order valence-corrected chi connectivity index (χ1v) is 8.62. The Balaban J connectivity index is 0.00000432. The minimum absolute atomic E-state index is 0. The summed E-state index contributed by atoms with van der Waals surface area (Å²) in [5.74, 6) is -16.5.